The van der Waals surface area contributed by atoms with Gasteiger partial charge in [0.15, 0.2) is 6.61 Å². The average Bonchev–Trinajstić information content (AvgIpc) is 3.36. The lowest BCUT2D eigenvalue weighted by molar-refractivity contribution is -0.155. The molecule has 1 aromatic carbocycles. The third kappa shape index (κ3) is 5.35. The number of carbonyl (C=O) groups is 3. The predicted octanol–water partition coefficient (Wildman–Crippen LogP) is 2.70. The maximum absolute atomic E-state index is 12.4. The third-order valence-electron chi connectivity index (χ3n) is 4.68. The highest BCUT2D eigenvalue weighted by molar-refractivity contribution is 7.07. The Morgan fingerprint density at radius 2 is 2.00 bits per heavy atom. The monoisotopic (exact) mass is 416 g/mol. The zero-order valence-corrected chi connectivity index (χ0v) is 17.3. The van der Waals surface area contributed by atoms with E-state index in [9.17, 15) is 14.4 Å². The number of carbonyl (C=O) groups excluding carboxylic acids is 3. The van der Waals surface area contributed by atoms with Crippen molar-refractivity contribution in [2.24, 2.45) is 5.92 Å². The Hall–Kier alpha value is -2.87. The summed E-state index contributed by atoms with van der Waals surface area (Å²) >= 11 is 1.56. The summed E-state index contributed by atoms with van der Waals surface area (Å²) in [5.41, 5.74) is 1.74. The topological polar surface area (TPSA) is 76.2 Å². The number of hydrogen-bond acceptors (Lipinski definition) is 6. The van der Waals surface area contributed by atoms with Gasteiger partial charge in [0.05, 0.1) is 12.5 Å². The molecule has 3 rings (SSSR count). The zero-order chi connectivity index (χ0) is 20.8. The highest BCUT2D eigenvalue weighted by Crippen LogP contribution is 2.27. The molecule has 1 atom stereocenters. The summed E-state index contributed by atoms with van der Waals surface area (Å²) in [6, 6.07) is 9.11. The molecule has 8 heteroatoms. The van der Waals surface area contributed by atoms with Crippen LogP contribution in [0.3, 0.4) is 0 Å². The van der Waals surface area contributed by atoms with Crippen LogP contribution in [0.1, 0.15) is 18.9 Å². The molecule has 0 spiro atoms. The number of rotatable bonds is 8. The van der Waals surface area contributed by atoms with Crippen molar-refractivity contribution in [3.05, 3.63) is 46.7 Å². The molecule has 2 heterocycles. The van der Waals surface area contributed by atoms with Crippen LogP contribution >= 0.6 is 11.3 Å². The second kappa shape index (κ2) is 9.56. The van der Waals surface area contributed by atoms with Gasteiger partial charge in [0.1, 0.15) is 5.75 Å². The summed E-state index contributed by atoms with van der Waals surface area (Å²) in [5, 5.41) is 3.91. The Morgan fingerprint density at radius 3 is 2.66 bits per heavy atom. The number of hydrogen-bond donors (Lipinski definition) is 0. The first kappa shape index (κ1) is 20.9. The van der Waals surface area contributed by atoms with Crippen molar-refractivity contribution < 1.29 is 23.9 Å². The number of anilines is 1. The summed E-state index contributed by atoms with van der Waals surface area (Å²) in [7, 11) is 1.67. The van der Waals surface area contributed by atoms with Crippen molar-refractivity contribution in [2.75, 3.05) is 31.7 Å². The van der Waals surface area contributed by atoms with E-state index in [1.807, 2.05) is 23.8 Å². The van der Waals surface area contributed by atoms with E-state index < -0.39 is 11.9 Å². The Bertz CT molecular complexity index is 850. The van der Waals surface area contributed by atoms with Gasteiger partial charge in [0, 0.05) is 32.2 Å². The molecule has 0 aliphatic carbocycles. The quantitative estimate of drug-likeness (QED) is 0.619. The molecule has 0 radical (unpaired) electrons. The van der Waals surface area contributed by atoms with Crippen LogP contribution in [-0.4, -0.2) is 49.5 Å². The van der Waals surface area contributed by atoms with Crippen LogP contribution in [0.4, 0.5) is 5.69 Å². The van der Waals surface area contributed by atoms with Gasteiger partial charge in [-0.1, -0.05) is 0 Å². The molecule has 7 nitrogen and oxygen atoms in total. The molecule has 1 aliphatic heterocycles. The van der Waals surface area contributed by atoms with Crippen molar-refractivity contribution in [2.45, 2.75) is 19.9 Å². The number of amides is 2. The van der Waals surface area contributed by atoms with Crippen LogP contribution in [0, 0.1) is 5.92 Å². The van der Waals surface area contributed by atoms with Gasteiger partial charge in [-0.3, -0.25) is 14.4 Å². The minimum Gasteiger partial charge on any atom is -0.494 e. The van der Waals surface area contributed by atoms with Crippen molar-refractivity contribution in [3.63, 3.8) is 0 Å². The van der Waals surface area contributed by atoms with Crippen LogP contribution < -0.4 is 9.64 Å². The molecular weight excluding hydrogens is 392 g/mol. The summed E-state index contributed by atoms with van der Waals surface area (Å²) < 4.78 is 10.6. The highest BCUT2D eigenvalue weighted by atomic mass is 32.1. The SMILES string of the molecule is CCOc1ccc(N2CC(C(=O)OCC(=O)N(C)Cc3ccsc3)CC2=O)cc1. The van der Waals surface area contributed by atoms with Gasteiger partial charge in [-0.2, -0.15) is 11.3 Å². The van der Waals surface area contributed by atoms with Gasteiger partial charge in [0.25, 0.3) is 5.91 Å². The minimum absolute atomic E-state index is 0.0744. The van der Waals surface area contributed by atoms with E-state index in [0.29, 0.717) is 18.8 Å². The van der Waals surface area contributed by atoms with Gasteiger partial charge < -0.3 is 19.3 Å². The predicted molar refractivity (Wildman–Crippen MR) is 110 cm³/mol. The van der Waals surface area contributed by atoms with E-state index in [-0.39, 0.29) is 31.4 Å². The molecule has 2 aromatic rings. The van der Waals surface area contributed by atoms with Crippen LogP contribution in [-0.2, 0) is 25.7 Å². The van der Waals surface area contributed by atoms with Gasteiger partial charge >= 0.3 is 5.97 Å². The molecule has 1 aliphatic rings. The first-order valence-corrected chi connectivity index (χ1v) is 10.4. The molecule has 0 saturated carbocycles. The number of thiophene rings is 1. The maximum Gasteiger partial charge on any atom is 0.311 e. The summed E-state index contributed by atoms with van der Waals surface area (Å²) in [5.74, 6) is -0.800. The minimum atomic E-state index is -0.580. The van der Waals surface area contributed by atoms with Crippen molar-refractivity contribution >= 4 is 34.8 Å². The molecule has 1 fully saturated rings. The number of benzene rings is 1. The fraction of sp³-hybridized carbons (Fsp3) is 0.381. The van der Waals surface area contributed by atoms with Gasteiger partial charge in [-0.15, -0.1) is 0 Å². The largest absolute Gasteiger partial charge is 0.494 e. The Morgan fingerprint density at radius 1 is 1.24 bits per heavy atom. The van der Waals surface area contributed by atoms with Crippen LogP contribution in [0.5, 0.6) is 5.75 Å². The summed E-state index contributed by atoms with van der Waals surface area (Å²) in [4.78, 5) is 40.0. The molecule has 29 heavy (non-hydrogen) atoms. The van der Waals surface area contributed by atoms with Crippen LogP contribution in [0.15, 0.2) is 41.1 Å². The first-order valence-electron chi connectivity index (χ1n) is 9.42. The lowest BCUT2D eigenvalue weighted by atomic mass is 10.1. The first-order chi connectivity index (χ1) is 14.0. The van der Waals surface area contributed by atoms with Crippen LogP contribution in [0.25, 0.3) is 0 Å². The molecular formula is C21H24N2O5S. The van der Waals surface area contributed by atoms with Gasteiger partial charge in [-0.25, -0.2) is 0 Å². The Balaban J connectivity index is 1.50. The number of nitrogens with zero attached hydrogens (tertiary/aromatic N) is 2. The fourth-order valence-corrected chi connectivity index (χ4v) is 3.77. The van der Waals surface area contributed by atoms with Crippen molar-refractivity contribution in [1.82, 2.24) is 4.90 Å². The van der Waals surface area contributed by atoms with E-state index in [1.54, 1.807) is 47.5 Å². The lowest BCUT2D eigenvalue weighted by Crippen LogP contribution is -2.32. The number of likely N-dealkylation sites (N-methyl/N-ethyl adjacent to an activating group) is 1. The van der Waals surface area contributed by atoms with Gasteiger partial charge in [-0.05, 0) is 53.6 Å². The Labute approximate surface area is 173 Å². The highest BCUT2D eigenvalue weighted by Gasteiger charge is 2.36. The van der Waals surface area contributed by atoms with Crippen molar-refractivity contribution in [1.29, 1.82) is 0 Å². The maximum atomic E-state index is 12.4. The molecule has 1 unspecified atom stereocenters. The molecule has 2 amide bonds. The normalized spacial score (nSPS) is 16.0. The van der Waals surface area contributed by atoms with Crippen LogP contribution in [0.2, 0.25) is 0 Å². The molecule has 1 saturated heterocycles. The molecule has 154 valence electrons. The number of ether oxygens (including phenoxy) is 2. The molecule has 0 bridgehead atoms. The summed E-state index contributed by atoms with van der Waals surface area (Å²) in [6.45, 7) is 2.85. The van der Waals surface area contributed by atoms with E-state index in [0.717, 1.165) is 11.3 Å². The van der Waals surface area contributed by atoms with Gasteiger partial charge in [0.2, 0.25) is 5.91 Å². The molecule has 0 N–H and O–H groups in total. The van der Waals surface area contributed by atoms with E-state index in [2.05, 4.69) is 0 Å². The average molecular weight is 416 g/mol. The smallest absolute Gasteiger partial charge is 0.311 e. The standard InChI is InChI=1S/C21H24N2O5S/c1-3-27-18-6-4-17(5-7-18)23-12-16(10-19(23)24)21(26)28-13-20(25)22(2)11-15-8-9-29-14-15/h4-9,14,16H,3,10-13H2,1-2H3. The van der Waals surface area contributed by atoms with Crippen molar-refractivity contribution in [3.8, 4) is 5.75 Å². The van der Waals surface area contributed by atoms with E-state index >= 15 is 0 Å². The molecule has 1 aromatic heterocycles. The third-order valence-corrected chi connectivity index (χ3v) is 5.41. The second-order valence-electron chi connectivity index (χ2n) is 6.82. The fourth-order valence-electron chi connectivity index (χ4n) is 3.11. The van der Waals surface area contributed by atoms with E-state index in [4.69, 9.17) is 9.47 Å². The number of esters is 1. The summed E-state index contributed by atoms with van der Waals surface area (Å²) in [6.07, 6.45) is 0.0744. The van der Waals surface area contributed by atoms with E-state index in [1.165, 1.54) is 4.90 Å². The Kier molecular flexibility index (Phi) is 6.87. The lowest BCUT2D eigenvalue weighted by Gasteiger charge is -2.18. The zero-order valence-electron chi connectivity index (χ0n) is 16.5. The second-order valence-corrected chi connectivity index (χ2v) is 7.60.